The standard InChI is InChI=1S/C18H32N4OS/c1-17(2,15-7-6-12-24-15)13-20-16(19-3)21-14-18(22(4)5)8-10-23-11-9-18/h6-7,12H,8-11,13-14H2,1-5H3,(H2,19,20,21). The summed E-state index contributed by atoms with van der Waals surface area (Å²) in [5, 5.41) is 9.15. The zero-order valence-corrected chi connectivity index (χ0v) is 16.5. The SMILES string of the molecule is CN=C(NCC(C)(C)c1cccs1)NCC1(N(C)C)CCOCC1. The summed E-state index contributed by atoms with van der Waals surface area (Å²) >= 11 is 1.81. The van der Waals surface area contributed by atoms with Crippen LogP contribution < -0.4 is 10.6 Å². The lowest BCUT2D eigenvalue weighted by Gasteiger charge is -2.43. The van der Waals surface area contributed by atoms with Crippen LogP contribution in [0, 0.1) is 0 Å². The molecule has 0 atom stereocenters. The van der Waals surface area contributed by atoms with Gasteiger partial charge >= 0.3 is 0 Å². The fourth-order valence-electron chi connectivity index (χ4n) is 3.06. The molecule has 0 spiro atoms. The fraction of sp³-hybridized carbons (Fsp3) is 0.722. The lowest BCUT2D eigenvalue weighted by atomic mass is 9.88. The predicted molar refractivity (Wildman–Crippen MR) is 103 cm³/mol. The molecule has 0 saturated carbocycles. The van der Waals surface area contributed by atoms with Crippen molar-refractivity contribution in [2.45, 2.75) is 37.6 Å². The molecule has 6 heteroatoms. The highest BCUT2D eigenvalue weighted by Crippen LogP contribution is 2.27. The summed E-state index contributed by atoms with van der Waals surface area (Å²) in [6.07, 6.45) is 2.09. The summed E-state index contributed by atoms with van der Waals surface area (Å²) < 4.78 is 5.54. The maximum Gasteiger partial charge on any atom is 0.191 e. The Labute approximate surface area is 150 Å². The van der Waals surface area contributed by atoms with Crippen molar-refractivity contribution in [2.75, 3.05) is 47.4 Å². The first kappa shape index (κ1) is 19.2. The molecule has 1 aliphatic rings. The van der Waals surface area contributed by atoms with E-state index in [0.717, 1.165) is 45.1 Å². The molecule has 1 aromatic heterocycles. The summed E-state index contributed by atoms with van der Waals surface area (Å²) in [7, 11) is 6.14. The molecule has 5 nitrogen and oxygen atoms in total. The van der Waals surface area contributed by atoms with Crippen LogP contribution in [0.15, 0.2) is 22.5 Å². The maximum absolute atomic E-state index is 5.54. The number of hydrogen-bond acceptors (Lipinski definition) is 4. The monoisotopic (exact) mass is 352 g/mol. The second-order valence-electron chi connectivity index (χ2n) is 7.37. The number of likely N-dealkylation sites (N-methyl/N-ethyl adjacent to an activating group) is 1. The molecule has 1 fully saturated rings. The first-order valence-electron chi connectivity index (χ1n) is 8.63. The Morgan fingerprint density at radius 2 is 2.04 bits per heavy atom. The Bertz CT molecular complexity index is 519. The number of aliphatic imine (C=N–C) groups is 1. The van der Waals surface area contributed by atoms with E-state index in [9.17, 15) is 0 Å². The van der Waals surface area contributed by atoms with Gasteiger partial charge < -0.3 is 20.3 Å². The van der Waals surface area contributed by atoms with Crippen molar-refractivity contribution < 1.29 is 4.74 Å². The van der Waals surface area contributed by atoms with Gasteiger partial charge in [0.25, 0.3) is 0 Å². The van der Waals surface area contributed by atoms with Crippen molar-refractivity contribution >= 4 is 17.3 Å². The fourth-order valence-corrected chi connectivity index (χ4v) is 3.91. The first-order valence-corrected chi connectivity index (χ1v) is 9.51. The topological polar surface area (TPSA) is 48.9 Å². The van der Waals surface area contributed by atoms with Gasteiger partial charge in [0.15, 0.2) is 5.96 Å². The van der Waals surface area contributed by atoms with E-state index in [1.54, 1.807) is 0 Å². The Kier molecular flexibility index (Phi) is 6.66. The molecule has 2 N–H and O–H groups in total. The molecular formula is C18H32N4OS. The summed E-state index contributed by atoms with van der Waals surface area (Å²) in [4.78, 5) is 8.11. The van der Waals surface area contributed by atoms with Crippen molar-refractivity contribution in [3.63, 3.8) is 0 Å². The third kappa shape index (κ3) is 4.71. The third-order valence-corrected chi connectivity index (χ3v) is 6.30. The molecule has 1 aliphatic heterocycles. The van der Waals surface area contributed by atoms with E-state index < -0.39 is 0 Å². The highest BCUT2D eigenvalue weighted by atomic mass is 32.1. The largest absolute Gasteiger partial charge is 0.381 e. The predicted octanol–water partition coefficient (Wildman–Crippen LogP) is 2.30. The number of nitrogens with zero attached hydrogens (tertiary/aromatic N) is 2. The molecule has 0 aliphatic carbocycles. The van der Waals surface area contributed by atoms with Gasteiger partial charge in [-0.25, -0.2) is 0 Å². The van der Waals surface area contributed by atoms with E-state index >= 15 is 0 Å². The van der Waals surface area contributed by atoms with Gasteiger partial charge in [-0.05, 0) is 38.4 Å². The van der Waals surface area contributed by atoms with Gasteiger partial charge in [-0.1, -0.05) is 19.9 Å². The van der Waals surface area contributed by atoms with Crippen LogP contribution in [0.2, 0.25) is 0 Å². The molecule has 24 heavy (non-hydrogen) atoms. The molecule has 0 unspecified atom stereocenters. The van der Waals surface area contributed by atoms with Crippen LogP contribution in [-0.4, -0.2) is 63.8 Å². The number of rotatable bonds is 6. The molecule has 0 radical (unpaired) electrons. The van der Waals surface area contributed by atoms with Crippen molar-refractivity contribution in [1.82, 2.24) is 15.5 Å². The lowest BCUT2D eigenvalue weighted by molar-refractivity contribution is -0.00501. The molecule has 0 bridgehead atoms. The molecule has 1 aromatic rings. The molecule has 0 amide bonds. The van der Waals surface area contributed by atoms with Crippen LogP contribution in [-0.2, 0) is 10.2 Å². The van der Waals surface area contributed by atoms with E-state index in [0.29, 0.717) is 0 Å². The zero-order valence-electron chi connectivity index (χ0n) is 15.7. The van der Waals surface area contributed by atoms with Crippen molar-refractivity contribution in [3.8, 4) is 0 Å². The van der Waals surface area contributed by atoms with Gasteiger partial charge in [0.05, 0.1) is 0 Å². The number of nitrogens with one attached hydrogen (secondary N) is 2. The smallest absolute Gasteiger partial charge is 0.191 e. The Morgan fingerprint density at radius 1 is 1.33 bits per heavy atom. The maximum atomic E-state index is 5.54. The molecule has 136 valence electrons. The number of thiophene rings is 1. The Hall–Kier alpha value is -1.11. The second kappa shape index (κ2) is 8.32. The molecule has 2 rings (SSSR count). The van der Waals surface area contributed by atoms with E-state index in [-0.39, 0.29) is 11.0 Å². The highest BCUT2D eigenvalue weighted by molar-refractivity contribution is 7.10. The van der Waals surface area contributed by atoms with Crippen LogP contribution in [0.5, 0.6) is 0 Å². The summed E-state index contributed by atoms with van der Waals surface area (Å²) in [6.45, 7) is 7.92. The summed E-state index contributed by atoms with van der Waals surface area (Å²) in [6, 6.07) is 4.31. The Morgan fingerprint density at radius 3 is 2.58 bits per heavy atom. The zero-order chi connectivity index (χ0) is 17.6. The van der Waals surface area contributed by atoms with Gasteiger partial charge in [0, 0.05) is 49.2 Å². The Balaban J connectivity index is 1.90. The van der Waals surface area contributed by atoms with Crippen LogP contribution in [0.25, 0.3) is 0 Å². The van der Waals surface area contributed by atoms with Crippen LogP contribution >= 0.6 is 11.3 Å². The minimum Gasteiger partial charge on any atom is -0.381 e. The van der Waals surface area contributed by atoms with Gasteiger partial charge in [-0.3, -0.25) is 4.99 Å². The minimum absolute atomic E-state index is 0.0870. The summed E-state index contributed by atoms with van der Waals surface area (Å²) in [5.74, 6) is 0.868. The van der Waals surface area contributed by atoms with Crippen LogP contribution in [0.1, 0.15) is 31.6 Å². The summed E-state index contributed by atoms with van der Waals surface area (Å²) in [5.41, 5.74) is 0.225. The van der Waals surface area contributed by atoms with E-state index in [1.165, 1.54) is 4.88 Å². The van der Waals surface area contributed by atoms with Crippen molar-refractivity contribution in [3.05, 3.63) is 22.4 Å². The number of hydrogen-bond donors (Lipinski definition) is 2. The molecule has 0 aromatic carbocycles. The van der Waals surface area contributed by atoms with E-state index in [2.05, 4.69) is 66.0 Å². The average molecular weight is 353 g/mol. The van der Waals surface area contributed by atoms with Crippen molar-refractivity contribution in [1.29, 1.82) is 0 Å². The number of guanidine groups is 1. The van der Waals surface area contributed by atoms with Gasteiger partial charge in [-0.2, -0.15) is 0 Å². The van der Waals surface area contributed by atoms with Crippen LogP contribution in [0.4, 0.5) is 0 Å². The lowest BCUT2D eigenvalue weighted by Crippen LogP contribution is -2.57. The number of ether oxygens (including phenoxy) is 1. The average Bonchev–Trinajstić information content (AvgIpc) is 3.11. The first-order chi connectivity index (χ1) is 11.4. The molecule has 2 heterocycles. The minimum atomic E-state index is 0.0870. The van der Waals surface area contributed by atoms with Gasteiger partial charge in [-0.15, -0.1) is 11.3 Å². The van der Waals surface area contributed by atoms with Crippen molar-refractivity contribution in [2.24, 2.45) is 4.99 Å². The van der Waals surface area contributed by atoms with Crippen LogP contribution in [0.3, 0.4) is 0 Å². The highest BCUT2D eigenvalue weighted by Gasteiger charge is 2.35. The van der Waals surface area contributed by atoms with Gasteiger partial charge in [0.2, 0.25) is 0 Å². The third-order valence-electron chi connectivity index (χ3n) is 5.07. The van der Waals surface area contributed by atoms with E-state index in [4.69, 9.17) is 4.74 Å². The van der Waals surface area contributed by atoms with Gasteiger partial charge in [0.1, 0.15) is 0 Å². The normalized spacial score (nSPS) is 18.7. The molecule has 1 saturated heterocycles. The second-order valence-corrected chi connectivity index (χ2v) is 8.32. The quantitative estimate of drug-likeness (QED) is 0.609. The molecular weight excluding hydrogens is 320 g/mol. The van der Waals surface area contributed by atoms with E-state index in [1.807, 2.05) is 18.4 Å².